The minimum atomic E-state index is -0.774. The zero-order valence-corrected chi connectivity index (χ0v) is 91.7. The Morgan fingerprint density at radius 3 is 1.18 bits per heavy atom. The van der Waals surface area contributed by atoms with E-state index in [1.807, 2.05) is 136 Å². The Hall–Kier alpha value is -15.3. The molecule has 0 atom stereocenters. The summed E-state index contributed by atoms with van der Waals surface area (Å²) in [6, 6.07) is 5.14. The van der Waals surface area contributed by atoms with Gasteiger partial charge in [0.2, 0.25) is 23.6 Å². The van der Waals surface area contributed by atoms with Crippen molar-refractivity contribution >= 4 is 163 Å². The van der Waals surface area contributed by atoms with Crippen LogP contribution in [0.15, 0.2) is 95.5 Å². The van der Waals surface area contributed by atoms with Gasteiger partial charge in [-0.05, 0) is 143 Å². The third kappa shape index (κ3) is 37.6. The first-order chi connectivity index (χ1) is 68.7. The number of nitriles is 1. The highest BCUT2D eigenvalue weighted by Gasteiger charge is 2.35. The van der Waals surface area contributed by atoms with Crippen LogP contribution in [0.5, 0.6) is 0 Å². The predicted molar refractivity (Wildman–Crippen MR) is 555 cm³/mol. The van der Waals surface area contributed by atoms with E-state index < -0.39 is 40.4 Å². The zero-order chi connectivity index (χ0) is 111. The lowest BCUT2D eigenvalue weighted by molar-refractivity contribution is -0.143. The van der Waals surface area contributed by atoms with Crippen LogP contribution in [0.1, 0.15) is 243 Å². The molecule has 0 bridgehead atoms. The lowest BCUT2D eigenvalue weighted by Gasteiger charge is -2.32. The van der Waals surface area contributed by atoms with Crippen LogP contribution in [-0.2, 0) is 50.3 Å². The SMILES string of the molecule is CC(C)(C)C(=O)CNC(=O)c1nc(Br)cnc1N.CC(C)(C)OC(=O)N1CCC(C(=O)CN=C(N)c2ccc(N)c(-c3nnc(C(C)(C)C)o3)n2)CC1.CC(C)(C)OC(=O)N1CCC(C(=O)O)CC1.CC(C)(C)c1nnc(-c2nc(/C(N)=N/N)cnc2N)o1.CC(C)(C)c1nnc(-c2nc(Br)cnc2N)o1.CC(C)(C)c1nnc(-c2nc(C#N)cnc2N)o1.COC(=O)c1nc(Br)cnc1N.NNC(=O)c1nc(Br)cnc1N. The van der Waals surface area contributed by atoms with Crippen molar-refractivity contribution in [1.82, 2.24) is 126 Å². The second-order valence-corrected chi connectivity index (χ2v) is 42.2. The number of nitrogens with zero attached hydrogens (tertiary/aromatic N) is 26. The number of nitrogens with one attached hydrogen (secondary N) is 2. The summed E-state index contributed by atoms with van der Waals surface area (Å²) in [5.41, 5.74) is 52.9. The number of nitrogen functional groups attached to an aromatic ring is 8. The molecule has 0 aliphatic carbocycles. The maximum absolute atomic E-state index is 12.7. The Bertz CT molecular complexity index is 6520. The molecule has 13 heterocycles. The number of carboxylic acid groups (broad SMARTS) is 1. The lowest BCUT2D eigenvalue weighted by Crippen LogP contribution is -2.43. The number of anilines is 7. The van der Waals surface area contributed by atoms with E-state index in [9.17, 15) is 38.4 Å². The summed E-state index contributed by atoms with van der Waals surface area (Å²) in [4.78, 5) is 151. The highest BCUT2D eigenvalue weighted by Crippen LogP contribution is 2.34. The van der Waals surface area contributed by atoms with E-state index >= 15 is 0 Å². The van der Waals surface area contributed by atoms with Crippen molar-refractivity contribution in [2.24, 2.45) is 50.5 Å². The number of Topliss-reactive ketones (excluding diaryl/α,β-unsaturated/α-hetero) is 2. The molecule has 0 saturated carbocycles. The molecule has 0 spiro atoms. The van der Waals surface area contributed by atoms with Gasteiger partial charge in [-0.1, -0.05) is 104 Å². The molecule has 59 heteroatoms. The number of carbonyl (C=O) groups is 8. The minimum Gasteiger partial charge on any atom is -0.481 e. The van der Waals surface area contributed by atoms with Gasteiger partial charge in [0, 0.05) is 59.2 Å². The van der Waals surface area contributed by atoms with Crippen molar-refractivity contribution in [3.05, 3.63) is 125 Å². The summed E-state index contributed by atoms with van der Waals surface area (Å²) < 4.78 is 39.2. The molecule has 2 aliphatic heterocycles. The van der Waals surface area contributed by atoms with Crippen LogP contribution >= 0.6 is 63.7 Å². The highest BCUT2D eigenvalue weighted by molar-refractivity contribution is 9.11. The lowest BCUT2D eigenvalue weighted by atomic mass is 9.91. The molecular weight excluding hydrogens is 2190 g/mol. The molecule has 0 aromatic carbocycles. The number of rotatable bonds is 15. The molecule has 0 unspecified atom stereocenters. The predicted octanol–water partition coefficient (Wildman–Crippen LogP) is 9.28. The number of carbonyl (C=O) groups excluding carboxylic acids is 7. The Morgan fingerprint density at radius 2 is 0.811 bits per heavy atom. The van der Waals surface area contributed by atoms with E-state index in [0.717, 1.165) is 0 Å². The highest BCUT2D eigenvalue weighted by atomic mass is 79.9. The first-order valence-electron chi connectivity index (χ1n) is 44.5. The molecule has 2 aliphatic rings. The minimum absolute atomic E-state index is 0.00563. The number of aliphatic carboxylic acids is 1. The average molecular weight is 2310 g/mol. The molecule has 4 amide bonds. The van der Waals surface area contributed by atoms with Crippen molar-refractivity contribution in [3.8, 4) is 52.4 Å². The molecule has 55 nitrogen and oxygen atoms in total. The molecule has 2 fully saturated rings. The number of methoxy groups -OCH3 is 1. The maximum Gasteiger partial charge on any atom is 0.410 e. The first kappa shape index (κ1) is 121. The van der Waals surface area contributed by atoms with Gasteiger partial charge in [0.1, 0.15) is 59.5 Å². The van der Waals surface area contributed by atoms with Gasteiger partial charge in [-0.25, -0.2) is 85.0 Å². The average Bonchev–Trinajstić information content (AvgIpc) is 1.42. The molecular formula is C89H121Br4N39O16. The molecule has 148 heavy (non-hydrogen) atoms. The molecule has 796 valence electrons. The number of nitrogens with two attached hydrogens (primary N) is 11. The van der Waals surface area contributed by atoms with Crippen LogP contribution < -0.4 is 74.0 Å². The van der Waals surface area contributed by atoms with Crippen LogP contribution in [0.4, 0.5) is 50.2 Å². The number of amidine groups is 2. The Morgan fingerprint density at radius 1 is 0.459 bits per heavy atom. The number of ether oxygens (including phenoxy) is 3. The van der Waals surface area contributed by atoms with Crippen LogP contribution in [0.3, 0.4) is 0 Å². The summed E-state index contributed by atoms with van der Waals surface area (Å²) in [6.07, 6.45) is 9.80. The van der Waals surface area contributed by atoms with Gasteiger partial charge in [-0.15, -0.1) is 40.8 Å². The number of aromatic nitrogens is 21. The van der Waals surface area contributed by atoms with Crippen molar-refractivity contribution in [2.75, 3.05) is 86.5 Å². The number of ketones is 2. The van der Waals surface area contributed by atoms with Crippen LogP contribution in [-0.4, -0.2) is 237 Å². The number of likely N-dealkylation sites (tertiary alicyclic amines) is 2. The monoisotopic (exact) mass is 2310 g/mol. The van der Waals surface area contributed by atoms with Gasteiger partial charge < -0.3 is 110 Å². The number of hydrogen-bond acceptors (Lipinski definition) is 48. The molecule has 11 aromatic rings. The quantitative estimate of drug-likeness (QED) is 0.00864. The fraction of sp³-hybridized carbons (Fsp3) is 0.461. The largest absolute Gasteiger partial charge is 0.481 e. The van der Waals surface area contributed by atoms with E-state index in [4.69, 9.17) is 101 Å². The smallest absolute Gasteiger partial charge is 0.410 e. The molecule has 11 aromatic heterocycles. The number of hydrazone groups is 1. The number of hydrogen-bond donors (Lipinski definition) is 14. The Labute approximate surface area is 883 Å². The van der Waals surface area contributed by atoms with E-state index in [1.165, 1.54) is 44.3 Å². The number of piperidine rings is 2. The van der Waals surface area contributed by atoms with Crippen molar-refractivity contribution in [2.45, 2.75) is 204 Å². The van der Waals surface area contributed by atoms with Gasteiger partial charge in [0.25, 0.3) is 35.4 Å². The number of hydrazine groups is 1. The van der Waals surface area contributed by atoms with Gasteiger partial charge >= 0.3 is 24.1 Å². The third-order valence-corrected chi connectivity index (χ3v) is 20.7. The van der Waals surface area contributed by atoms with Crippen molar-refractivity contribution in [1.29, 1.82) is 5.26 Å². The third-order valence-electron chi connectivity index (χ3n) is 19.2. The summed E-state index contributed by atoms with van der Waals surface area (Å²) in [5, 5.41) is 55.2. The first-order valence-corrected chi connectivity index (χ1v) is 47.7. The van der Waals surface area contributed by atoms with Crippen molar-refractivity contribution in [3.63, 3.8) is 0 Å². The van der Waals surface area contributed by atoms with Gasteiger partial charge in [-0.3, -0.25) is 34.4 Å². The van der Waals surface area contributed by atoms with Crippen LogP contribution in [0.2, 0.25) is 0 Å². The fourth-order valence-electron chi connectivity index (χ4n) is 11.2. The van der Waals surface area contributed by atoms with E-state index in [-0.39, 0.29) is 180 Å². The normalized spacial score (nSPS) is 13.0. The molecule has 2 saturated heterocycles. The number of carboxylic acids is 1. The van der Waals surface area contributed by atoms with Gasteiger partial charge in [0.05, 0.1) is 62.4 Å². The maximum atomic E-state index is 12.7. The summed E-state index contributed by atoms with van der Waals surface area (Å²) in [5.74, 6) is 10.5. The molecule has 13 rings (SSSR count). The Kier molecular flexibility index (Phi) is 43.2. The van der Waals surface area contributed by atoms with E-state index in [1.54, 1.807) is 42.7 Å². The summed E-state index contributed by atoms with van der Waals surface area (Å²) in [6.45, 7) is 41.6. The molecule has 0 radical (unpaired) electrons. The summed E-state index contributed by atoms with van der Waals surface area (Å²) >= 11 is 12.4. The number of aliphatic imine (C=N–C) groups is 1. The second-order valence-electron chi connectivity index (χ2n) is 38.9. The van der Waals surface area contributed by atoms with Gasteiger partial charge in [-0.2, -0.15) is 10.4 Å². The topological polar surface area (TPSA) is 873 Å². The number of esters is 1. The van der Waals surface area contributed by atoms with E-state index in [2.05, 4.69) is 189 Å². The van der Waals surface area contributed by atoms with Crippen molar-refractivity contribution < 1.29 is 75.3 Å². The second kappa shape index (κ2) is 52.6. The Balaban J connectivity index is 0.000000265. The number of amides is 4. The molecule has 25 N–H and O–H groups in total. The summed E-state index contributed by atoms with van der Waals surface area (Å²) in [7, 11) is 1.25. The van der Waals surface area contributed by atoms with Crippen LogP contribution in [0.25, 0.3) is 46.3 Å². The standard InChI is InChI=1S/C24H35N7O4.C11H15BrN4O2.C11H16N8O.C11H12N6O.C11H19NO4.C10H12BrN5O.C6H6BrN3O2.C5H6BrN5O/c1-23(2,3)21-30-29-20(34-21)18-15(25)7-8-16(28-18)19(26)27-13-17(32)14-9-11-31(12-10-14)22(33)35-24(4,5)6;1-11(2,3)6(17)4-15-10(18)8-9(13)14-5-7(12)16-8;1-11(2,3)10-19-18-9(20-10)6-8(13)15-4-5(16-6)7(12)17-14;1-11(2,3)10-17-16-9(18-10)7-8(13)14-5-6(4-12)15-7;1-11(2,3)16-10(15)12-6-4-8(5-7-12)9(13)14;1-10(2,3)9-16-15-8(17-9)6-7(12)13-4-5(11)14-6;1-12-6(11)4-5(8)9-2-3(7)10-4;6-2-1-9-4(7)3(10-2)5(12)11-8/h7-8,14H,9-13,25H2,1-6H3,(H2,26,27);5H,4H2,1-3H3,(H2,13,14)(H,15,18);4H,14H2,1-3H3,(H2,12,17)(H2,13,15);5H,1-3H3,(H2,13,14);8H,4-7H2,1-3H3,(H,13,14);4H,1-3H3,(H2,12,13);2H,1H3,(H2,8,9);1H,8H2,(H2,7,9)(H,11,12). The zero-order valence-electron chi connectivity index (χ0n) is 85.4. The fourth-order valence-corrected chi connectivity index (χ4v) is 12.3. The van der Waals surface area contributed by atoms with Gasteiger partial charge in [0.15, 0.2) is 97.9 Å². The van der Waals surface area contributed by atoms with Crippen LogP contribution in [0, 0.1) is 28.6 Å². The van der Waals surface area contributed by atoms with E-state index in [0.29, 0.717) is 117 Å². The number of halogens is 4. The number of pyridine rings is 1.